The maximum Gasteiger partial charge on any atom is 0.241 e. The van der Waals surface area contributed by atoms with Gasteiger partial charge in [0.15, 0.2) is 0 Å². The first kappa shape index (κ1) is 5.61. The number of nitrogens with one attached hydrogen (secondary N) is 2. The van der Waals surface area contributed by atoms with E-state index >= 15 is 0 Å². The summed E-state index contributed by atoms with van der Waals surface area (Å²) in [7, 11) is 0. The molecule has 2 aliphatic heterocycles. The van der Waals surface area contributed by atoms with Crippen LogP contribution in [0.5, 0.6) is 0 Å². The molecule has 2 aliphatic rings. The Labute approximate surface area is 53.5 Å². The minimum absolute atomic E-state index is 0.472. The quantitative estimate of drug-likeness (QED) is 0.434. The second-order valence-electron chi connectivity index (χ2n) is 2.23. The monoisotopic (exact) mass is 130 g/mol. The maximum atomic E-state index is 5.31. The summed E-state index contributed by atoms with van der Waals surface area (Å²) in [4.78, 5) is 0. The molecule has 2 fully saturated rings. The molecular formula is C5H10N2O2. The maximum absolute atomic E-state index is 5.31. The van der Waals surface area contributed by atoms with Gasteiger partial charge in [-0.1, -0.05) is 0 Å². The van der Waals surface area contributed by atoms with Gasteiger partial charge in [-0.25, -0.2) is 0 Å². The average Bonchev–Trinajstić information content (AvgIpc) is 2.45. The van der Waals surface area contributed by atoms with Crippen LogP contribution in [0.25, 0.3) is 0 Å². The van der Waals surface area contributed by atoms with Crippen LogP contribution in [0, 0.1) is 0 Å². The summed E-state index contributed by atoms with van der Waals surface area (Å²) in [6.07, 6.45) is 0. The van der Waals surface area contributed by atoms with Gasteiger partial charge >= 0.3 is 0 Å². The predicted octanol–water partition coefficient (Wildman–Crippen LogP) is -1.16. The molecule has 4 nitrogen and oxygen atoms in total. The summed E-state index contributed by atoms with van der Waals surface area (Å²) in [5.41, 5.74) is 0. The van der Waals surface area contributed by atoms with Crippen molar-refractivity contribution in [1.29, 1.82) is 0 Å². The Kier molecular flexibility index (Phi) is 1.19. The Morgan fingerprint density at radius 2 is 2.00 bits per heavy atom. The number of rotatable bonds is 0. The van der Waals surface area contributed by atoms with Crippen molar-refractivity contribution in [3.8, 4) is 0 Å². The fourth-order valence-corrected chi connectivity index (χ4v) is 1.15. The molecule has 2 saturated heterocycles. The smallest absolute Gasteiger partial charge is 0.241 e. The lowest BCUT2D eigenvalue weighted by molar-refractivity contribution is -0.157. The van der Waals surface area contributed by atoms with Gasteiger partial charge in [-0.3, -0.25) is 10.6 Å². The Balaban J connectivity index is 2.04. The highest BCUT2D eigenvalue weighted by Gasteiger charge is 2.39. The van der Waals surface area contributed by atoms with Crippen molar-refractivity contribution < 1.29 is 9.47 Å². The molecule has 52 valence electrons. The molecule has 0 aromatic heterocycles. The van der Waals surface area contributed by atoms with E-state index in [1.165, 1.54) is 0 Å². The van der Waals surface area contributed by atoms with E-state index in [1.807, 2.05) is 0 Å². The zero-order valence-electron chi connectivity index (χ0n) is 5.14. The summed E-state index contributed by atoms with van der Waals surface area (Å²) in [5.74, 6) is -0.472. The van der Waals surface area contributed by atoms with Crippen molar-refractivity contribution in [2.75, 3.05) is 26.4 Å². The molecule has 0 bridgehead atoms. The molecule has 2 heterocycles. The van der Waals surface area contributed by atoms with E-state index in [4.69, 9.17) is 9.47 Å². The molecule has 0 aliphatic carbocycles. The molecule has 9 heavy (non-hydrogen) atoms. The highest BCUT2D eigenvalue weighted by atomic mass is 16.8. The van der Waals surface area contributed by atoms with E-state index in [-0.39, 0.29) is 0 Å². The van der Waals surface area contributed by atoms with Crippen LogP contribution in [0.3, 0.4) is 0 Å². The van der Waals surface area contributed by atoms with Crippen LogP contribution < -0.4 is 10.6 Å². The Morgan fingerprint density at radius 3 is 2.56 bits per heavy atom. The molecule has 0 aromatic carbocycles. The minimum Gasteiger partial charge on any atom is -0.334 e. The van der Waals surface area contributed by atoms with Gasteiger partial charge in [0, 0.05) is 0 Å². The van der Waals surface area contributed by atoms with E-state index in [0.717, 1.165) is 13.2 Å². The molecule has 0 aromatic rings. The molecule has 0 radical (unpaired) electrons. The van der Waals surface area contributed by atoms with Crippen LogP contribution in [0.1, 0.15) is 0 Å². The van der Waals surface area contributed by atoms with Crippen molar-refractivity contribution in [2.45, 2.75) is 5.91 Å². The van der Waals surface area contributed by atoms with Gasteiger partial charge in [0.05, 0.1) is 26.4 Å². The highest BCUT2D eigenvalue weighted by Crippen LogP contribution is 2.16. The molecular weight excluding hydrogens is 120 g/mol. The van der Waals surface area contributed by atoms with Gasteiger partial charge < -0.3 is 9.47 Å². The average molecular weight is 130 g/mol. The van der Waals surface area contributed by atoms with Crippen molar-refractivity contribution >= 4 is 0 Å². The molecule has 0 unspecified atom stereocenters. The standard InChI is InChI=1S/C5H10N2O2/c1-2-9-5(8-1)3-6-4-7-5/h6-7H,1-4H2. The molecule has 0 saturated carbocycles. The third kappa shape index (κ3) is 0.840. The predicted molar refractivity (Wildman–Crippen MR) is 30.6 cm³/mol. The summed E-state index contributed by atoms with van der Waals surface area (Å²) >= 11 is 0. The molecule has 0 atom stereocenters. The first-order valence-corrected chi connectivity index (χ1v) is 3.15. The van der Waals surface area contributed by atoms with E-state index in [0.29, 0.717) is 13.2 Å². The Hall–Kier alpha value is -0.160. The van der Waals surface area contributed by atoms with Crippen LogP contribution in [-0.2, 0) is 9.47 Å². The van der Waals surface area contributed by atoms with Gasteiger partial charge in [0.1, 0.15) is 0 Å². The van der Waals surface area contributed by atoms with Crippen molar-refractivity contribution in [2.24, 2.45) is 0 Å². The molecule has 2 N–H and O–H groups in total. The second kappa shape index (κ2) is 1.91. The lowest BCUT2D eigenvalue weighted by atomic mass is 10.5. The Bertz CT molecular complexity index is 88.0. The van der Waals surface area contributed by atoms with E-state index in [2.05, 4.69) is 10.6 Å². The fraction of sp³-hybridized carbons (Fsp3) is 1.00. The van der Waals surface area contributed by atoms with Crippen LogP contribution in [0.15, 0.2) is 0 Å². The van der Waals surface area contributed by atoms with Crippen LogP contribution in [-0.4, -0.2) is 32.3 Å². The first-order valence-electron chi connectivity index (χ1n) is 3.15. The van der Waals surface area contributed by atoms with Gasteiger partial charge in [0.25, 0.3) is 0 Å². The summed E-state index contributed by atoms with van der Waals surface area (Å²) < 4.78 is 10.6. The lowest BCUT2D eigenvalue weighted by Crippen LogP contribution is -2.43. The second-order valence-corrected chi connectivity index (χ2v) is 2.23. The van der Waals surface area contributed by atoms with E-state index in [9.17, 15) is 0 Å². The third-order valence-electron chi connectivity index (χ3n) is 1.59. The fourth-order valence-electron chi connectivity index (χ4n) is 1.15. The normalized spacial score (nSPS) is 32.0. The van der Waals surface area contributed by atoms with Crippen molar-refractivity contribution in [1.82, 2.24) is 10.6 Å². The van der Waals surface area contributed by atoms with Crippen LogP contribution in [0.4, 0.5) is 0 Å². The molecule has 1 spiro atoms. The molecule has 4 heteroatoms. The topological polar surface area (TPSA) is 42.5 Å². The van der Waals surface area contributed by atoms with Gasteiger partial charge in [0.2, 0.25) is 5.91 Å². The molecule has 2 rings (SSSR count). The Morgan fingerprint density at radius 1 is 1.22 bits per heavy atom. The summed E-state index contributed by atoms with van der Waals surface area (Å²) in [6, 6.07) is 0. The SMILES string of the molecule is C1NCC2(N1)OCCO2. The van der Waals surface area contributed by atoms with E-state index < -0.39 is 5.91 Å². The zero-order chi connectivity index (χ0) is 6.16. The lowest BCUT2D eigenvalue weighted by Gasteiger charge is -2.19. The third-order valence-corrected chi connectivity index (χ3v) is 1.59. The van der Waals surface area contributed by atoms with Gasteiger partial charge in [-0.15, -0.1) is 0 Å². The highest BCUT2D eigenvalue weighted by molar-refractivity contribution is 4.79. The first-order chi connectivity index (χ1) is 4.41. The van der Waals surface area contributed by atoms with Crippen LogP contribution in [0.2, 0.25) is 0 Å². The minimum atomic E-state index is -0.472. The number of hydrogen-bond acceptors (Lipinski definition) is 4. The van der Waals surface area contributed by atoms with Gasteiger partial charge in [-0.2, -0.15) is 0 Å². The molecule has 0 amide bonds. The largest absolute Gasteiger partial charge is 0.334 e. The zero-order valence-corrected chi connectivity index (χ0v) is 5.14. The number of ether oxygens (including phenoxy) is 2. The van der Waals surface area contributed by atoms with Gasteiger partial charge in [-0.05, 0) is 0 Å². The summed E-state index contributed by atoms with van der Waals surface area (Å²) in [5, 5.41) is 6.17. The van der Waals surface area contributed by atoms with Crippen molar-refractivity contribution in [3.05, 3.63) is 0 Å². The van der Waals surface area contributed by atoms with E-state index in [1.54, 1.807) is 0 Å². The van der Waals surface area contributed by atoms with Crippen LogP contribution >= 0.6 is 0 Å². The number of hydrogen-bond donors (Lipinski definition) is 2. The van der Waals surface area contributed by atoms with Crippen molar-refractivity contribution in [3.63, 3.8) is 0 Å². The summed E-state index contributed by atoms with van der Waals surface area (Å²) in [6.45, 7) is 2.94.